The van der Waals surface area contributed by atoms with E-state index in [1.54, 1.807) is 12.1 Å². The third-order valence-corrected chi connectivity index (χ3v) is 3.17. The van der Waals surface area contributed by atoms with E-state index in [9.17, 15) is 4.79 Å². The molecule has 1 aromatic rings. The number of rotatable bonds is 4. The number of halogens is 4. The maximum Gasteiger partial charge on any atom is 0.320 e. The Hall–Kier alpha value is -0.300. The SMILES string of the molecule is Cl.Cl.O=C(CN1CCNCC1)OCc1cc(Cl)nc(Cl)c1. The summed E-state index contributed by atoms with van der Waals surface area (Å²) >= 11 is 11.5. The van der Waals surface area contributed by atoms with Crippen molar-refractivity contribution < 1.29 is 9.53 Å². The second-order valence-electron chi connectivity index (χ2n) is 4.31. The van der Waals surface area contributed by atoms with Crippen molar-refractivity contribution in [3.8, 4) is 0 Å². The van der Waals surface area contributed by atoms with Gasteiger partial charge in [0, 0.05) is 26.2 Å². The fourth-order valence-corrected chi connectivity index (χ4v) is 2.36. The Balaban J connectivity index is 0.00000200. The Labute approximate surface area is 146 Å². The first-order valence-corrected chi connectivity index (χ1v) is 6.80. The molecule has 0 spiro atoms. The maximum atomic E-state index is 11.7. The number of hydrogen-bond donors (Lipinski definition) is 1. The number of hydrogen-bond acceptors (Lipinski definition) is 5. The highest BCUT2D eigenvalue weighted by atomic mass is 35.5. The van der Waals surface area contributed by atoms with Gasteiger partial charge in [-0.25, -0.2) is 4.98 Å². The Bertz CT molecular complexity index is 436. The van der Waals surface area contributed by atoms with Gasteiger partial charge in [0.25, 0.3) is 0 Å². The molecule has 1 aromatic heterocycles. The van der Waals surface area contributed by atoms with Crippen LogP contribution >= 0.6 is 48.0 Å². The summed E-state index contributed by atoms with van der Waals surface area (Å²) < 4.78 is 5.19. The molecule has 0 saturated carbocycles. The first kappa shape index (κ1) is 20.7. The third-order valence-electron chi connectivity index (χ3n) is 2.78. The number of pyridine rings is 1. The Kier molecular flexibility index (Phi) is 10.3. The van der Waals surface area contributed by atoms with Gasteiger partial charge in [0.1, 0.15) is 16.9 Å². The van der Waals surface area contributed by atoms with Crippen LogP contribution in [0.3, 0.4) is 0 Å². The molecule has 1 N–H and O–H groups in total. The van der Waals surface area contributed by atoms with E-state index < -0.39 is 0 Å². The molecule has 0 aromatic carbocycles. The van der Waals surface area contributed by atoms with Crippen LogP contribution in [0, 0.1) is 0 Å². The molecule has 9 heteroatoms. The minimum Gasteiger partial charge on any atom is -0.460 e. The van der Waals surface area contributed by atoms with Crippen molar-refractivity contribution in [3.63, 3.8) is 0 Å². The van der Waals surface area contributed by atoms with Gasteiger partial charge in [0.05, 0.1) is 6.54 Å². The molecule has 1 aliphatic heterocycles. The first-order chi connectivity index (χ1) is 9.13. The van der Waals surface area contributed by atoms with Crippen molar-refractivity contribution in [2.24, 2.45) is 0 Å². The standard InChI is InChI=1S/C12H15Cl2N3O2.2ClH/c13-10-5-9(6-11(14)16-10)8-19-12(18)7-17-3-1-15-2-4-17;;/h5-6,15H,1-4,7-8H2;2*1H. The van der Waals surface area contributed by atoms with Crippen LogP contribution in [0.1, 0.15) is 5.56 Å². The van der Waals surface area contributed by atoms with Crippen LogP contribution in [0.2, 0.25) is 10.3 Å². The number of nitrogens with zero attached hydrogens (tertiary/aromatic N) is 2. The second kappa shape index (κ2) is 10.4. The zero-order valence-electron chi connectivity index (χ0n) is 11.2. The number of nitrogens with one attached hydrogen (secondary N) is 1. The van der Waals surface area contributed by atoms with Gasteiger partial charge in [-0.15, -0.1) is 24.8 Å². The van der Waals surface area contributed by atoms with Crippen molar-refractivity contribution in [3.05, 3.63) is 28.0 Å². The van der Waals surface area contributed by atoms with Crippen LogP contribution in [-0.2, 0) is 16.1 Å². The van der Waals surface area contributed by atoms with Gasteiger partial charge < -0.3 is 10.1 Å². The monoisotopic (exact) mass is 375 g/mol. The lowest BCUT2D eigenvalue weighted by molar-refractivity contribution is -0.146. The van der Waals surface area contributed by atoms with Crippen LogP contribution in [0.25, 0.3) is 0 Å². The normalized spacial score (nSPS) is 14.8. The Morgan fingerprint density at radius 2 is 1.81 bits per heavy atom. The van der Waals surface area contributed by atoms with Crippen LogP contribution in [0.4, 0.5) is 0 Å². The predicted octanol–water partition coefficient (Wildman–Crippen LogP) is 2.18. The van der Waals surface area contributed by atoms with Gasteiger partial charge in [-0.05, 0) is 17.7 Å². The summed E-state index contributed by atoms with van der Waals surface area (Å²) in [6.45, 7) is 4.01. The summed E-state index contributed by atoms with van der Waals surface area (Å²) in [6, 6.07) is 3.26. The third kappa shape index (κ3) is 7.49. The number of piperazine rings is 1. The topological polar surface area (TPSA) is 54.5 Å². The molecule has 0 unspecified atom stereocenters. The van der Waals surface area contributed by atoms with E-state index in [1.807, 2.05) is 0 Å². The molecule has 2 heterocycles. The van der Waals surface area contributed by atoms with Crippen molar-refractivity contribution in [2.45, 2.75) is 6.61 Å². The molecule has 0 aliphatic carbocycles. The van der Waals surface area contributed by atoms with Crippen LogP contribution < -0.4 is 5.32 Å². The fourth-order valence-electron chi connectivity index (χ4n) is 1.86. The molecule has 1 aliphatic rings. The van der Waals surface area contributed by atoms with Crippen molar-refractivity contribution in [1.29, 1.82) is 0 Å². The highest BCUT2D eigenvalue weighted by molar-refractivity contribution is 6.32. The van der Waals surface area contributed by atoms with Gasteiger partial charge >= 0.3 is 5.97 Å². The van der Waals surface area contributed by atoms with Gasteiger partial charge in [-0.3, -0.25) is 9.69 Å². The summed E-state index contributed by atoms with van der Waals surface area (Å²) in [5.41, 5.74) is 0.735. The minimum atomic E-state index is -0.244. The molecule has 120 valence electrons. The summed E-state index contributed by atoms with van der Waals surface area (Å²) in [6.07, 6.45) is 0. The average molecular weight is 377 g/mol. The molecule has 0 amide bonds. The lowest BCUT2D eigenvalue weighted by Gasteiger charge is -2.25. The quantitative estimate of drug-likeness (QED) is 0.644. The lowest BCUT2D eigenvalue weighted by atomic mass is 10.3. The molecule has 1 saturated heterocycles. The highest BCUT2D eigenvalue weighted by Crippen LogP contribution is 2.15. The predicted molar refractivity (Wildman–Crippen MR) is 87.9 cm³/mol. The van der Waals surface area contributed by atoms with Gasteiger partial charge in [-0.2, -0.15) is 0 Å². The molecular weight excluding hydrogens is 360 g/mol. The van der Waals surface area contributed by atoms with Gasteiger partial charge in [0.15, 0.2) is 0 Å². The number of carbonyl (C=O) groups excluding carboxylic acids is 1. The summed E-state index contributed by atoms with van der Waals surface area (Å²) in [5.74, 6) is -0.244. The first-order valence-electron chi connectivity index (χ1n) is 6.04. The molecular formula is C12H17Cl4N3O2. The molecule has 21 heavy (non-hydrogen) atoms. The molecule has 2 rings (SSSR count). The van der Waals surface area contributed by atoms with E-state index in [0.717, 1.165) is 31.7 Å². The zero-order chi connectivity index (χ0) is 13.7. The smallest absolute Gasteiger partial charge is 0.320 e. The van der Waals surface area contributed by atoms with E-state index in [1.165, 1.54) is 0 Å². The van der Waals surface area contributed by atoms with Crippen LogP contribution in [0.5, 0.6) is 0 Å². The van der Waals surface area contributed by atoms with Crippen LogP contribution in [0.15, 0.2) is 12.1 Å². The van der Waals surface area contributed by atoms with Gasteiger partial charge in [0.2, 0.25) is 0 Å². The molecule has 0 radical (unpaired) electrons. The Morgan fingerprint density at radius 1 is 1.24 bits per heavy atom. The summed E-state index contributed by atoms with van der Waals surface area (Å²) in [5, 5.41) is 3.81. The summed E-state index contributed by atoms with van der Waals surface area (Å²) in [4.78, 5) is 17.6. The molecule has 1 fully saturated rings. The molecule has 0 bridgehead atoms. The van der Waals surface area contributed by atoms with E-state index in [4.69, 9.17) is 27.9 Å². The maximum absolute atomic E-state index is 11.7. The second-order valence-corrected chi connectivity index (χ2v) is 5.08. The zero-order valence-corrected chi connectivity index (χ0v) is 14.3. The van der Waals surface area contributed by atoms with E-state index >= 15 is 0 Å². The van der Waals surface area contributed by atoms with E-state index in [-0.39, 0.29) is 37.4 Å². The molecule has 0 atom stereocenters. The fraction of sp³-hybridized carbons (Fsp3) is 0.500. The Morgan fingerprint density at radius 3 is 2.38 bits per heavy atom. The number of carbonyl (C=O) groups is 1. The summed E-state index contributed by atoms with van der Waals surface area (Å²) in [7, 11) is 0. The van der Waals surface area contributed by atoms with Gasteiger partial charge in [-0.1, -0.05) is 23.2 Å². The van der Waals surface area contributed by atoms with Crippen LogP contribution in [-0.4, -0.2) is 48.6 Å². The van der Waals surface area contributed by atoms with Crippen molar-refractivity contribution in [1.82, 2.24) is 15.2 Å². The highest BCUT2D eigenvalue weighted by Gasteiger charge is 2.14. The number of esters is 1. The lowest BCUT2D eigenvalue weighted by Crippen LogP contribution is -2.45. The van der Waals surface area contributed by atoms with Crippen molar-refractivity contribution in [2.75, 3.05) is 32.7 Å². The minimum absolute atomic E-state index is 0. The van der Waals surface area contributed by atoms with Crippen molar-refractivity contribution >= 4 is 54.0 Å². The molecule has 5 nitrogen and oxygen atoms in total. The number of ether oxygens (including phenoxy) is 1. The van der Waals surface area contributed by atoms with E-state index in [0.29, 0.717) is 16.9 Å². The van der Waals surface area contributed by atoms with E-state index in [2.05, 4.69) is 15.2 Å². The number of aromatic nitrogens is 1. The largest absolute Gasteiger partial charge is 0.460 e. The average Bonchev–Trinajstić information content (AvgIpc) is 2.36.